The summed E-state index contributed by atoms with van der Waals surface area (Å²) >= 11 is 26.4. The molecule has 1 nitrogen and oxygen atoms in total. The second-order valence-corrected chi connectivity index (χ2v) is 5.69. The molecule has 0 unspecified atom stereocenters. The Balaban J connectivity index is 3.58. The van der Waals surface area contributed by atoms with E-state index in [2.05, 4.69) is 4.52 Å². The van der Waals surface area contributed by atoms with E-state index in [4.69, 9.17) is 57.3 Å². The molecule has 0 fully saturated rings. The zero-order valence-electron chi connectivity index (χ0n) is 3.95. The molecule has 7 heteroatoms. The van der Waals surface area contributed by atoms with Crippen molar-refractivity contribution in [3.05, 3.63) is 0 Å². The SMILES string of the molecule is ClCC(Cl)(Cl)OP(Cl)Cl. The number of alkyl halides is 3. The highest BCUT2D eigenvalue weighted by Gasteiger charge is 2.26. The van der Waals surface area contributed by atoms with E-state index in [9.17, 15) is 0 Å². The van der Waals surface area contributed by atoms with Crippen LogP contribution in [0.3, 0.4) is 0 Å². The first-order chi connectivity index (χ1) is 3.98. The highest BCUT2D eigenvalue weighted by atomic mass is 35.9. The van der Waals surface area contributed by atoms with Gasteiger partial charge in [0.2, 0.25) is 11.4 Å². The van der Waals surface area contributed by atoms with Crippen molar-refractivity contribution in [1.82, 2.24) is 0 Å². The normalized spacial score (nSPS) is 12.7. The van der Waals surface area contributed by atoms with Crippen LogP contribution in [0.1, 0.15) is 0 Å². The van der Waals surface area contributed by atoms with Crippen LogP contribution in [0.15, 0.2) is 0 Å². The molecule has 0 aliphatic rings. The van der Waals surface area contributed by atoms with Gasteiger partial charge in [-0.15, -0.1) is 11.6 Å². The lowest BCUT2D eigenvalue weighted by Crippen LogP contribution is -2.15. The van der Waals surface area contributed by atoms with Gasteiger partial charge >= 0.3 is 0 Å². The van der Waals surface area contributed by atoms with Gasteiger partial charge in [0.05, 0.1) is 5.88 Å². The van der Waals surface area contributed by atoms with Crippen LogP contribution in [0.5, 0.6) is 0 Å². The zero-order chi connectivity index (χ0) is 7.49. The second kappa shape index (κ2) is 4.66. The van der Waals surface area contributed by atoms with E-state index in [0.717, 1.165) is 0 Å². The van der Waals surface area contributed by atoms with E-state index in [-0.39, 0.29) is 5.88 Å². The van der Waals surface area contributed by atoms with E-state index in [1.54, 1.807) is 0 Å². The summed E-state index contributed by atoms with van der Waals surface area (Å²) in [4.78, 5) is 0. The van der Waals surface area contributed by atoms with E-state index in [0.29, 0.717) is 0 Å². The number of hydrogen-bond donors (Lipinski definition) is 0. The van der Waals surface area contributed by atoms with Gasteiger partial charge in [0.15, 0.2) is 0 Å². The van der Waals surface area contributed by atoms with Crippen molar-refractivity contribution in [2.75, 3.05) is 5.88 Å². The maximum atomic E-state index is 5.37. The van der Waals surface area contributed by atoms with E-state index in [1.165, 1.54) is 0 Å². The first-order valence-electron chi connectivity index (χ1n) is 1.72. The average molecular weight is 250 g/mol. The molecular weight excluding hydrogens is 248 g/mol. The van der Waals surface area contributed by atoms with Crippen molar-refractivity contribution >= 4 is 64.1 Å². The van der Waals surface area contributed by atoms with Crippen molar-refractivity contribution in [3.63, 3.8) is 0 Å². The van der Waals surface area contributed by atoms with Crippen molar-refractivity contribution in [3.8, 4) is 0 Å². The Morgan fingerprint density at radius 3 is 1.89 bits per heavy atom. The Morgan fingerprint density at radius 1 is 1.33 bits per heavy atom. The fourth-order valence-corrected chi connectivity index (χ4v) is 2.07. The van der Waals surface area contributed by atoms with Crippen LogP contribution in [0, 0.1) is 0 Å². The Labute approximate surface area is 78.9 Å². The molecule has 0 aliphatic heterocycles. The third kappa shape index (κ3) is 6.25. The van der Waals surface area contributed by atoms with Crippen LogP contribution in [0.2, 0.25) is 0 Å². The summed E-state index contributed by atoms with van der Waals surface area (Å²) in [5, 5.41) is 0. The topological polar surface area (TPSA) is 9.23 Å². The molecule has 0 heterocycles. The average Bonchev–Trinajstić information content (AvgIpc) is 1.63. The van der Waals surface area contributed by atoms with Crippen LogP contribution < -0.4 is 0 Å². The summed E-state index contributed by atoms with van der Waals surface area (Å²) in [5.74, 6) is -0.0750. The van der Waals surface area contributed by atoms with E-state index in [1.807, 2.05) is 0 Å². The fourth-order valence-electron chi connectivity index (χ4n) is 0.125. The fraction of sp³-hybridized carbons (Fsp3) is 1.00. The summed E-state index contributed by atoms with van der Waals surface area (Å²) in [6, 6.07) is 0. The van der Waals surface area contributed by atoms with Crippen LogP contribution in [0.25, 0.3) is 0 Å². The Hall–Kier alpha value is 1.84. The smallest absolute Gasteiger partial charge is 0.236 e. The van der Waals surface area contributed by atoms with E-state index >= 15 is 0 Å². The molecule has 0 saturated heterocycles. The third-order valence-electron chi connectivity index (χ3n) is 0.358. The lowest BCUT2D eigenvalue weighted by atomic mass is 10.8. The first-order valence-corrected chi connectivity index (χ1v) is 6.08. The van der Waals surface area contributed by atoms with Gasteiger partial charge in [-0.05, 0) is 22.5 Å². The second-order valence-electron chi connectivity index (χ2n) is 1.06. The number of halogens is 5. The molecular formula is C2H2Cl5OP. The standard InChI is InChI=1S/C2H2Cl5OP/c3-1-2(4,5)8-9(6)7/h1H2. The maximum absolute atomic E-state index is 5.37. The highest BCUT2D eigenvalue weighted by molar-refractivity contribution is 8.00. The molecule has 0 aromatic rings. The van der Waals surface area contributed by atoms with Crippen molar-refractivity contribution in [2.24, 2.45) is 0 Å². The molecule has 0 rings (SSSR count). The van der Waals surface area contributed by atoms with Crippen LogP contribution in [0.4, 0.5) is 0 Å². The van der Waals surface area contributed by atoms with Crippen molar-refractivity contribution < 1.29 is 4.52 Å². The molecule has 9 heavy (non-hydrogen) atoms. The lowest BCUT2D eigenvalue weighted by molar-refractivity contribution is 0.309. The van der Waals surface area contributed by atoms with Crippen LogP contribution in [-0.2, 0) is 4.52 Å². The summed E-state index contributed by atoms with van der Waals surface area (Å²) in [5.41, 5.74) is 0. The van der Waals surface area contributed by atoms with E-state index < -0.39 is 11.4 Å². The lowest BCUT2D eigenvalue weighted by Gasteiger charge is -2.15. The van der Waals surface area contributed by atoms with Crippen LogP contribution >= 0.6 is 64.1 Å². The molecule has 56 valence electrons. The minimum Gasteiger partial charge on any atom is -0.293 e. The molecule has 0 saturated carbocycles. The van der Waals surface area contributed by atoms with Gasteiger partial charge < -0.3 is 0 Å². The monoisotopic (exact) mass is 248 g/mol. The molecule has 0 aromatic carbocycles. The van der Waals surface area contributed by atoms with Gasteiger partial charge in [-0.2, -0.15) is 0 Å². The van der Waals surface area contributed by atoms with Gasteiger partial charge in [-0.3, -0.25) is 4.52 Å². The predicted octanol–water partition coefficient (Wildman–Crippen LogP) is 4.08. The molecule has 0 aromatic heterocycles. The number of hydrogen-bond acceptors (Lipinski definition) is 1. The van der Waals surface area contributed by atoms with Gasteiger partial charge in [-0.25, -0.2) is 0 Å². The summed E-state index contributed by atoms with van der Waals surface area (Å²) in [6.45, 7) is -1.60. The molecule has 0 aliphatic carbocycles. The van der Waals surface area contributed by atoms with Crippen molar-refractivity contribution in [2.45, 2.75) is 4.52 Å². The Kier molecular flexibility index (Phi) is 5.62. The van der Waals surface area contributed by atoms with Crippen molar-refractivity contribution in [1.29, 1.82) is 0 Å². The molecule has 0 spiro atoms. The summed E-state index contributed by atoms with van der Waals surface area (Å²) in [7, 11) is 0. The van der Waals surface area contributed by atoms with Gasteiger partial charge in [-0.1, -0.05) is 23.2 Å². The highest BCUT2D eigenvalue weighted by Crippen LogP contribution is 2.53. The van der Waals surface area contributed by atoms with Crippen LogP contribution in [-0.4, -0.2) is 10.4 Å². The Bertz CT molecular complexity index is 85.0. The molecule has 0 atom stereocenters. The largest absolute Gasteiger partial charge is 0.293 e. The molecule has 0 radical (unpaired) electrons. The van der Waals surface area contributed by atoms with Gasteiger partial charge in [0, 0.05) is 0 Å². The third-order valence-corrected chi connectivity index (χ3v) is 2.51. The Morgan fingerprint density at radius 2 is 1.78 bits per heavy atom. The first kappa shape index (κ1) is 10.8. The molecule has 0 bridgehead atoms. The van der Waals surface area contributed by atoms with Gasteiger partial charge in [0.25, 0.3) is 0 Å². The molecule has 0 N–H and O–H groups in total. The predicted molar refractivity (Wildman–Crippen MR) is 44.9 cm³/mol. The summed E-state index contributed by atoms with van der Waals surface area (Å²) in [6.07, 6.45) is 0. The minimum absolute atomic E-state index is 0.0750. The zero-order valence-corrected chi connectivity index (χ0v) is 8.63. The van der Waals surface area contributed by atoms with Gasteiger partial charge in [0.1, 0.15) is 0 Å². The maximum Gasteiger partial charge on any atom is 0.236 e. The summed E-state index contributed by atoms with van der Waals surface area (Å²) < 4.78 is 3.12. The minimum atomic E-state index is -1.60. The number of rotatable bonds is 3. The molecule has 0 amide bonds. The quantitative estimate of drug-likeness (QED) is 0.541.